The van der Waals surface area contributed by atoms with Gasteiger partial charge in [0.1, 0.15) is 0 Å². The third-order valence-corrected chi connectivity index (χ3v) is 2.84. The molecule has 0 heterocycles. The quantitative estimate of drug-likeness (QED) is 0.244. The maximum Gasteiger partial charge on any atom is 0.311 e. The van der Waals surface area contributed by atoms with Gasteiger partial charge in [-0.25, -0.2) is 8.78 Å². The molecule has 1 N–H and O–H groups in total. The number of rotatable bonds is 9. The fraction of sp³-hybridized carbons (Fsp3) is 0.467. The smallest absolute Gasteiger partial charge is 0.311 e. The molecule has 0 aliphatic carbocycles. The largest absolute Gasteiger partial charge is 0.420 e. The molecule has 0 saturated carbocycles. The molecule has 0 atom stereocenters. The van der Waals surface area contributed by atoms with Crippen molar-refractivity contribution in [2.75, 3.05) is 19.8 Å². The summed E-state index contributed by atoms with van der Waals surface area (Å²) in [6, 6.07) is 0.00853. The Morgan fingerprint density at radius 2 is 1.71 bits per heavy atom. The second-order valence-corrected chi connectivity index (χ2v) is 4.67. The first kappa shape index (κ1) is 19.9. The van der Waals surface area contributed by atoms with E-state index in [1.54, 1.807) is 0 Å². The number of hydrogen-bond acceptors (Lipinski definition) is 4. The number of amides is 1. The maximum atomic E-state index is 13.3. The van der Waals surface area contributed by atoms with Crippen LogP contribution in [0.15, 0.2) is 6.07 Å². The molecule has 1 aromatic carbocycles. The Morgan fingerprint density at radius 3 is 2.29 bits per heavy atom. The van der Waals surface area contributed by atoms with Crippen LogP contribution in [-0.2, 0) is 14.3 Å². The summed E-state index contributed by atoms with van der Waals surface area (Å²) in [5.74, 6) is -9.82. The van der Waals surface area contributed by atoms with Gasteiger partial charge in [0, 0.05) is 32.1 Å². The van der Waals surface area contributed by atoms with Gasteiger partial charge >= 0.3 is 5.97 Å². The molecule has 1 rings (SSSR count). The third-order valence-electron chi connectivity index (χ3n) is 2.84. The molecule has 0 unspecified atom stereocenters. The molecule has 0 aromatic heterocycles. The second-order valence-electron chi connectivity index (χ2n) is 4.67. The Bertz CT molecular complexity index is 569. The van der Waals surface area contributed by atoms with Gasteiger partial charge in [0.2, 0.25) is 23.3 Å². The summed E-state index contributed by atoms with van der Waals surface area (Å²) in [4.78, 5) is 22.9. The fourth-order valence-corrected chi connectivity index (χ4v) is 1.69. The van der Waals surface area contributed by atoms with Crippen LogP contribution in [0, 0.1) is 23.3 Å². The predicted octanol–water partition coefficient (Wildman–Crippen LogP) is 2.47. The van der Waals surface area contributed by atoms with E-state index in [9.17, 15) is 27.2 Å². The van der Waals surface area contributed by atoms with Crippen molar-refractivity contribution in [2.45, 2.75) is 26.2 Å². The first-order valence-electron chi connectivity index (χ1n) is 7.24. The Hall–Kier alpha value is -2.16. The number of carbonyl (C=O) groups excluding carboxylic acids is 2. The van der Waals surface area contributed by atoms with Gasteiger partial charge in [0.05, 0.1) is 6.61 Å². The molecular formula is C15H17F4NO4. The van der Waals surface area contributed by atoms with Crippen LogP contribution in [0.3, 0.4) is 0 Å². The highest BCUT2D eigenvalue weighted by molar-refractivity contribution is 5.77. The zero-order valence-electron chi connectivity index (χ0n) is 13.0. The molecule has 0 aliphatic heterocycles. The first-order chi connectivity index (χ1) is 11.4. The van der Waals surface area contributed by atoms with Crippen LogP contribution in [0.5, 0.6) is 5.75 Å². The number of hydrogen-bond donors (Lipinski definition) is 1. The standard InChI is InChI=1S/C15H17F4NO4/c1-2-23-7-6-20-11(21)4-3-5-12(22)24-15-13(18)9(16)8-10(17)14(15)19/h8H,2-7H2,1H3,(H,20,21). The lowest BCUT2D eigenvalue weighted by Crippen LogP contribution is -2.27. The Kier molecular flexibility index (Phi) is 8.17. The zero-order valence-corrected chi connectivity index (χ0v) is 13.0. The number of carbonyl (C=O) groups is 2. The molecule has 134 valence electrons. The first-order valence-corrected chi connectivity index (χ1v) is 7.24. The number of nitrogens with one attached hydrogen (secondary N) is 1. The Labute approximate surface area is 135 Å². The van der Waals surface area contributed by atoms with Crippen molar-refractivity contribution in [1.82, 2.24) is 5.32 Å². The van der Waals surface area contributed by atoms with Crippen LogP contribution in [0.4, 0.5) is 17.6 Å². The minimum absolute atomic E-state index is 0.00853. The highest BCUT2D eigenvalue weighted by Crippen LogP contribution is 2.26. The molecule has 1 amide bonds. The number of esters is 1. The highest BCUT2D eigenvalue weighted by Gasteiger charge is 2.22. The maximum absolute atomic E-state index is 13.3. The van der Waals surface area contributed by atoms with Crippen molar-refractivity contribution in [3.05, 3.63) is 29.3 Å². The van der Waals surface area contributed by atoms with E-state index >= 15 is 0 Å². The fourth-order valence-electron chi connectivity index (χ4n) is 1.69. The summed E-state index contributed by atoms with van der Waals surface area (Å²) in [5, 5.41) is 2.54. The SMILES string of the molecule is CCOCCNC(=O)CCCC(=O)Oc1c(F)c(F)cc(F)c1F. The molecule has 0 radical (unpaired) electrons. The van der Waals surface area contributed by atoms with Gasteiger partial charge in [-0.05, 0) is 13.3 Å². The zero-order chi connectivity index (χ0) is 18.1. The van der Waals surface area contributed by atoms with Crippen molar-refractivity contribution < 1.29 is 36.6 Å². The number of benzene rings is 1. The average molecular weight is 351 g/mol. The van der Waals surface area contributed by atoms with Crippen LogP contribution in [0.25, 0.3) is 0 Å². The molecule has 0 spiro atoms. The summed E-state index contributed by atoms with van der Waals surface area (Å²) in [7, 11) is 0. The van der Waals surface area contributed by atoms with E-state index in [2.05, 4.69) is 10.1 Å². The molecule has 5 nitrogen and oxygen atoms in total. The van der Waals surface area contributed by atoms with Crippen LogP contribution >= 0.6 is 0 Å². The van der Waals surface area contributed by atoms with Crippen molar-refractivity contribution >= 4 is 11.9 Å². The minimum atomic E-state index is -1.80. The van der Waals surface area contributed by atoms with Crippen molar-refractivity contribution in [1.29, 1.82) is 0 Å². The van der Waals surface area contributed by atoms with Crippen LogP contribution in [0.1, 0.15) is 26.2 Å². The monoisotopic (exact) mass is 351 g/mol. The number of halogens is 4. The summed E-state index contributed by atoms with van der Waals surface area (Å²) in [6.07, 6.45) is -0.333. The molecule has 0 saturated heterocycles. The lowest BCUT2D eigenvalue weighted by atomic mass is 10.2. The minimum Gasteiger partial charge on any atom is -0.420 e. The second kappa shape index (κ2) is 9.86. The van der Waals surface area contributed by atoms with E-state index in [4.69, 9.17) is 4.74 Å². The van der Waals surface area contributed by atoms with Gasteiger partial charge in [0.15, 0.2) is 11.6 Å². The Morgan fingerprint density at radius 1 is 1.08 bits per heavy atom. The average Bonchev–Trinajstić information content (AvgIpc) is 2.54. The molecule has 9 heteroatoms. The van der Waals surface area contributed by atoms with Crippen molar-refractivity contribution in [3.63, 3.8) is 0 Å². The lowest BCUT2D eigenvalue weighted by molar-refractivity contribution is -0.135. The van der Waals surface area contributed by atoms with Crippen LogP contribution in [0.2, 0.25) is 0 Å². The topological polar surface area (TPSA) is 64.6 Å². The number of ether oxygens (including phenoxy) is 2. The summed E-state index contributed by atoms with van der Waals surface area (Å²) in [6.45, 7) is 3.00. The summed E-state index contributed by atoms with van der Waals surface area (Å²) >= 11 is 0. The summed E-state index contributed by atoms with van der Waals surface area (Å²) in [5.41, 5.74) is 0. The van der Waals surface area contributed by atoms with Crippen molar-refractivity contribution in [2.24, 2.45) is 0 Å². The van der Waals surface area contributed by atoms with Gasteiger partial charge in [-0.1, -0.05) is 0 Å². The van der Waals surface area contributed by atoms with Crippen molar-refractivity contribution in [3.8, 4) is 5.75 Å². The van der Waals surface area contributed by atoms with Gasteiger partial charge in [-0.3, -0.25) is 9.59 Å². The highest BCUT2D eigenvalue weighted by atomic mass is 19.2. The lowest BCUT2D eigenvalue weighted by Gasteiger charge is -2.08. The molecule has 0 bridgehead atoms. The Balaban J connectivity index is 2.41. The summed E-state index contributed by atoms with van der Waals surface area (Å²) < 4.78 is 61.9. The van der Waals surface area contributed by atoms with Gasteiger partial charge in [0.25, 0.3) is 0 Å². The van der Waals surface area contributed by atoms with E-state index in [1.165, 1.54) is 0 Å². The normalized spacial score (nSPS) is 10.5. The van der Waals surface area contributed by atoms with Crippen LogP contribution < -0.4 is 10.1 Å². The molecule has 0 fully saturated rings. The van der Waals surface area contributed by atoms with Gasteiger partial charge in [-0.15, -0.1) is 0 Å². The predicted molar refractivity (Wildman–Crippen MR) is 75.3 cm³/mol. The molecular weight excluding hydrogens is 334 g/mol. The molecule has 24 heavy (non-hydrogen) atoms. The molecule has 1 aromatic rings. The van der Waals surface area contributed by atoms with E-state index in [0.29, 0.717) is 19.8 Å². The van der Waals surface area contributed by atoms with Gasteiger partial charge in [-0.2, -0.15) is 8.78 Å². The molecule has 0 aliphatic rings. The van der Waals surface area contributed by atoms with E-state index in [-0.39, 0.29) is 31.2 Å². The van der Waals surface area contributed by atoms with E-state index in [1.807, 2.05) is 6.92 Å². The van der Waals surface area contributed by atoms with E-state index < -0.39 is 35.0 Å². The third kappa shape index (κ3) is 6.15. The van der Waals surface area contributed by atoms with E-state index in [0.717, 1.165) is 0 Å². The van der Waals surface area contributed by atoms with Gasteiger partial charge < -0.3 is 14.8 Å². The van der Waals surface area contributed by atoms with Crippen LogP contribution in [-0.4, -0.2) is 31.6 Å².